The molecule has 0 radical (unpaired) electrons. The van der Waals surface area contributed by atoms with Gasteiger partial charge in [0.2, 0.25) is 0 Å². The molecule has 0 unspecified atom stereocenters. The number of carbonyl (C=O) groups excluding carboxylic acids is 1. The molecule has 38 heavy (non-hydrogen) atoms. The van der Waals surface area contributed by atoms with E-state index in [4.69, 9.17) is 16.3 Å². The van der Waals surface area contributed by atoms with Crippen molar-refractivity contribution in [1.82, 2.24) is 5.32 Å². The Balaban J connectivity index is 1.47. The number of benzene rings is 4. The summed E-state index contributed by atoms with van der Waals surface area (Å²) in [4.78, 5) is 12.8. The van der Waals surface area contributed by atoms with Gasteiger partial charge in [0.1, 0.15) is 17.3 Å². The van der Waals surface area contributed by atoms with Gasteiger partial charge in [-0.15, -0.1) is 0 Å². The number of carbonyl (C=O) groups is 1. The van der Waals surface area contributed by atoms with Crippen LogP contribution in [-0.4, -0.2) is 24.7 Å². The van der Waals surface area contributed by atoms with E-state index < -0.39 is 23.5 Å². The Hall–Kier alpha value is -4.04. The average Bonchev–Trinajstić information content (AvgIpc) is 2.90. The number of halogens is 5. The van der Waals surface area contributed by atoms with E-state index in [2.05, 4.69) is 5.32 Å². The van der Waals surface area contributed by atoms with Crippen molar-refractivity contribution in [3.05, 3.63) is 106 Å². The second-order valence-electron chi connectivity index (χ2n) is 8.48. The van der Waals surface area contributed by atoms with E-state index in [1.807, 2.05) is 12.1 Å². The van der Waals surface area contributed by atoms with Crippen LogP contribution in [0.2, 0.25) is 5.02 Å². The highest BCUT2D eigenvalue weighted by molar-refractivity contribution is 6.31. The molecule has 4 nitrogen and oxygen atoms in total. The van der Waals surface area contributed by atoms with Gasteiger partial charge in [0.15, 0.2) is 0 Å². The third-order valence-electron chi connectivity index (χ3n) is 5.98. The number of phenolic OH excluding ortho intramolecular Hbond substituents is 1. The van der Waals surface area contributed by atoms with Crippen LogP contribution in [-0.2, 0) is 12.6 Å². The normalized spacial score (nSPS) is 11.3. The monoisotopic (exact) mass is 543 g/mol. The van der Waals surface area contributed by atoms with Crippen LogP contribution >= 0.6 is 11.6 Å². The molecule has 4 rings (SSSR count). The first kappa shape index (κ1) is 27.0. The number of hydrogen-bond acceptors (Lipinski definition) is 3. The summed E-state index contributed by atoms with van der Waals surface area (Å²) in [6.45, 7) is 0.235. The molecule has 1 amide bonds. The van der Waals surface area contributed by atoms with E-state index in [-0.39, 0.29) is 22.9 Å². The third kappa shape index (κ3) is 6.08. The highest BCUT2D eigenvalue weighted by Crippen LogP contribution is 2.34. The second kappa shape index (κ2) is 11.1. The maximum Gasteiger partial charge on any atom is 0.416 e. The molecule has 196 valence electrons. The van der Waals surface area contributed by atoms with Crippen LogP contribution < -0.4 is 10.1 Å². The average molecular weight is 544 g/mol. The number of aromatic hydroxyl groups is 1. The summed E-state index contributed by atoms with van der Waals surface area (Å²) in [6, 6.07) is 18.7. The summed E-state index contributed by atoms with van der Waals surface area (Å²) in [7, 11) is 1.52. The predicted molar refractivity (Wildman–Crippen MR) is 138 cm³/mol. The predicted octanol–water partition coefficient (Wildman–Crippen LogP) is 7.52. The van der Waals surface area contributed by atoms with Gasteiger partial charge in [0, 0.05) is 12.1 Å². The summed E-state index contributed by atoms with van der Waals surface area (Å²) >= 11 is 5.93. The van der Waals surface area contributed by atoms with Gasteiger partial charge in [-0.25, -0.2) is 4.39 Å². The zero-order valence-corrected chi connectivity index (χ0v) is 20.8. The van der Waals surface area contributed by atoms with Gasteiger partial charge in [-0.2, -0.15) is 13.2 Å². The van der Waals surface area contributed by atoms with Gasteiger partial charge >= 0.3 is 6.18 Å². The molecule has 0 bridgehead atoms. The summed E-state index contributed by atoms with van der Waals surface area (Å²) in [5, 5.41) is 13.0. The minimum absolute atomic E-state index is 0.00114. The minimum atomic E-state index is -4.45. The molecule has 0 heterocycles. The van der Waals surface area contributed by atoms with E-state index in [1.54, 1.807) is 12.1 Å². The number of methoxy groups -OCH3 is 1. The Morgan fingerprint density at radius 3 is 2.26 bits per heavy atom. The van der Waals surface area contributed by atoms with Crippen molar-refractivity contribution in [2.75, 3.05) is 13.7 Å². The molecule has 0 fully saturated rings. The first-order valence-electron chi connectivity index (χ1n) is 11.5. The number of ether oxygens (including phenoxy) is 1. The fourth-order valence-corrected chi connectivity index (χ4v) is 4.15. The summed E-state index contributed by atoms with van der Waals surface area (Å²) < 4.78 is 57.6. The highest BCUT2D eigenvalue weighted by Gasteiger charge is 2.30. The maximum atomic E-state index is 13.6. The lowest BCUT2D eigenvalue weighted by Gasteiger charge is -2.13. The zero-order chi connectivity index (χ0) is 27.4. The van der Waals surface area contributed by atoms with Crippen LogP contribution in [0.25, 0.3) is 22.3 Å². The van der Waals surface area contributed by atoms with E-state index >= 15 is 0 Å². The zero-order valence-electron chi connectivity index (χ0n) is 20.1. The standard InChI is InChI=1S/C29H22ClF4NO3/c1-38-27-11-2-17(14-22(27)20-5-9-25(31)24(30)16-20)12-13-35-28(37)23-15-19(6-10-26(23)36)18-3-7-21(8-4-18)29(32,33)34/h2-11,14-16,36H,12-13H2,1H3,(H,35,37). The van der Waals surface area contributed by atoms with E-state index in [9.17, 15) is 27.5 Å². The highest BCUT2D eigenvalue weighted by atomic mass is 35.5. The summed E-state index contributed by atoms with van der Waals surface area (Å²) in [5.41, 5.74) is 2.42. The quantitative estimate of drug-likeness (QED) is 0.237. The van der Waals surface area contributed by atoms with Crippen molar-refractivity contribution in [1.29, 1.82) is 0 Å². The molecule has 0 aromatic heterocycles. The number of amides is 1. The van der Waals surface area contributed by atoms with E-state index in [0.717, 1.165) is 17.7 Å². The fraction of sp³-hybridized carbons (Fsp3) is 0.138. The smallest absolute Gasteiger partial charge is 0.416 e. The molecule has 0 spiro atoms. The maximum absolute atomic E-state index is 13.6. The molecule has 4 aromatic carbocycles. The molecule has 4 aromatic rings. The Labute approximate surface area is 221 Å². The van der Waals surface area contributed by atoms with Crippen molar-refractivity contribution in [2.24, 2.45) is 0 Å². The van der Waals surface area contributed by atoms with Crippen molar-refractivity contribution in [3.63, 3.8) is 0 Å². The summed E-state index contributed by atoms with van der Waals surface area (Å²) in [6.07, 6.45) is -4.01. The lowest BCUT2D eigenvalue weighted by Crippen LogP contribution is -2.25. The second-order valence-corrected chi connectivity index (χ2v) is 8.88. The van der Waals surface area contributed by atoms with E-state index in [0.29, 0.717) is 34.4 Å². The largest absolute Gasteiger partial charge is 0.507 e. The molecular formula is C29H22ClF4NO3. The lowest BCUT2D eigenvalue weighted by atomic mass is 10.00. The van der Waals surface area contributed by atoms with Gasteiger partial charge in [-0.05, 0) is 77.2 Å². The SMILES string of the molecule is COc1ccc(CCNC(=O)c2cc(-c3ccc(C(F)(F)F)cc3)ccc2O)cc1-c1ccc(F)c(Cl)c1. The molecule has 0 aliphatic heterocycles. The number of alkyl halides is 3. The van der Waals surface area contributed by atoms with Gasteiger partial charge < -0.3 is 15.2 Å². The Kier molecular flexibility index (Phi) is 7.92. The number of phenols is 1. The van der Waals surface area contributed by atoms with Crippen molar-refractivity contribution in [3.8, 4) is 33.8 Å². The molecular weight excluding hydrogens is 522 g/mol. The van der Waals surface area contributed by atoms with Crippen molar-refractivity contribution >= 4 is 17.5 Å². The Morgan fingerprint density at radius 1 is 0.921 bits per heavy atom. The van der Waals surface area contributed by atoms with Crippen molar-refractivity contribution < 1.29 is 32.2 Å². The molecule has 2 N–H and O–H groups in total. The first-order chi connectivity index (χ1) is 18.1. The molecule has 0 atom stereocenters. The van der Waals surface area contributed by atoms with Crippen LogP contribution in [0.4, 0.5) is 17.6 Å². The topological polar surface area (TPSA) is 58.6 Å². The van der Waals surface area contributed by atoms with Crippen LogP contribution in [0.5, 0.6) is 11.5 Å². The van der Waals surface area contributed by atoms with Gasteiger partial charge in [0.25, 0.3) is 5.91 Å². The number of rotatable bonds is 7. The van der Waals surface area contributed by atoms with Gasteiger partial charge in [-0.1, -0.05) is 41.9 Å². The fourth-order valence-electron chi connectivity index (χ4n) is 3.96. The van der Waals surface area contributed by atoms with Crippen LogP contribution in [0.3, 0.4) is 0 Å². The summed E-state index contributed by atoms with van der Waals surface area (Å²) in [5.74, 6) is -0.738. The van der Waals surface area contributed by atoms with Crippen molar-refractivity contribution in [2.45, 2.75) is 12.6 Å². The Morgan fingerprint density at radius 2 is 1.61 bits per heavy atom. The molecule has 0 aliphatic carbocycles. The number of nitrogens with one attached hydrogen (secondary N) is 1. The number of hydrogen-bond donors (Lipinski definition) is 2. The van der Waals surface area contributed by atoms with Crippen LogP contribution in [0, 0.1) is 5.82 Å². The molecule has 0 aliphatic rings. The molecule has 9 heteroatoms. The first-order valence-corrected chi connectivity index (χ1v) is 11.9. The molecule has 0 saturated heterocycles. The van der Waals surface area contributed by atoms with Crippen LogP contribution in [0.1, 0.15) is 21.5 Å². The van der Waals surface area contributed by atoms with E-state index in [1.165, 1.54) is 49.6 Å². The lowest BCUT2D eigenvalue weighted by molar-refractivity contribution is -0.137. The Bertz CT molecular complexity index is 1470. The van der Waals surface area contributed by atoms with Gasteiger partial charge in [-0.3, -0.25) is 4.79 Å². The van der Waals surface area contributed by atoms with Gasteiger partial charge in [0.05, 0.1) is 23.3 Å². The minimum Gasteiger partial charge on any atom is -0.507 e. The molecule has 0 saturated carbocycles. The third-order valence-corrected chi connectivity index (χ3v) is 6.27. The van der Waals surface area contributed by atoms with Crippen LogP contribution in [0.15, 0.2) is 78.9 Å².